The maximum absolute atomic E-state index is 12.7. The van der Waals surface area contributed by atoms with Gasteiger partial charge in [0.15, 0.2) is 0 Å². The van der Waals surface area contributed by atoms with Crippen molar-refractivity contribution in [2.75, 3.05) is 24.7 Å². The summed E-state index contributed by atoms with van der Waals surface area (Å²) in [5.41, 5.74) is 12.7. The van der Waals surface area contributed by atoms with Gasteiger partial charge in [0, 0.05) is 34.8 Å². The van der Waals surface area contributed by atoms with Crippen LogP contribution < -0.4 is 21.1 Å². The van der Waals surface area contributed by atoms with E-state index in [9.17, 15) is 4.79 Å². The number of fused-ring (bicyclic) bond motifs is 2. The lowest BCUT2D eigenvalue weighted by molar-refractivity contribution is 0.102. The Morgan fingerprint density at radius 3 is 2.88 bits per heavy atom. The SMILES string of the molecule is COc1ccc2c(CCNC3CCc4cc(C(=O)Nc5ccccc5N)ccc43)c[nH]c2c1. The molecule has 3 aromatic carbocycles. The number of hydrogen-bond donors (Lipinski definition) is 4. The summed E-state index contributed by atoms with van der Waals surface area (Å²) in [6.07, 6.45) is 5.03. The third-order valence-corrected chi connectivity index (χ3v) is 6.45. The molecule has 0 aliphatic heterocycles. The zero-order chi connectivity index (χ0) is 22.8. The van der Waals surface area contributed by atoms with Crippen LogP contribution in [0.1, 0.15) is 39.5 Å². The van der Waals surface area contributed by atoms with Gasteiger partial charge in [0.05, 0.1) is 18.5 Å². The highest BCUT2D eigenvalue weighted by molar-refractivity contribution is 6.05. The number of H-pyrrole nitrogens is 1. The molecular weight excluding hydrogens is 412 g/mol. The molecule has 4 aromatic rings. The van der Waals surface area contributed by atoms with Crippen molar-refractivity contribution < 1.29 is 9.53 Å². The maximum Gasteiger partial charge on any atom is 0.255 e. The number of ether oxygens (including phenoxy) is 1. The fraction of sp³-hybridized carbons (Fsp3) is 0.222. The lowest BCUT2D eigenvalue weighted by Gasteiger charge is -2.14. The fourth-order valence-electron chi connectivity index (χ4n) is 4.66. The van der Waals surface area contributed by atoms with Gasteiger partial charge < -0.3 is 26.1 Å². The van der Waals surface area contributed by atoms with Crippen LogP contribution in [0.5, 0.6) is 5.75 Å². The van der Waals surface area contributed by atoms with E-state index in [0.717, 1.165) is 37.1 Å². The number of aryl methyl sites for hydroxylation is 1. The summed E-state index contributed by atoms with van der Waals surface area (Å²) in [4.78, 5) is 16.0. The van der Waals surface area contributed by atoms with Gasteiger partial charge in [-0.2, -0.15) is 0 Å². The second kappa shape index (κ2) is 9.00. The van der Waals surface area contributed by atoms with Crippen molar-refractivity contribution in [3.63, 3.8) is 0 Å². The average molecular weight is 441 g/mol. The maximum atomic E-state index is 12.7. The average Bonchev–Trinajstić information content (AvgIpc) is 3.43. The molecule has 1 aliphatic rings. The van der Waals surface area contributed by atoms with E-state index in [1.54, 1.807) is 13.2 Å². The molecule has 168 valence electrons. The zero-order valence-corrected chi connectivity index (χ0v) is 18.7. The van der Waals surface area contributed by atoms with E-state index in [4.69, 9.17) is 10.5 Å². The van der Waals surface area contributed by atoms with Crippen molar-refractivity contribution in [2.45, 2.75) is 25.3 Å². The molecule has 0 saturated carbocycles. The lowest BCUT2D eigenvalue weighted by atomic mass is 10.0. The van der Waals surface area contributed by atoms with Gasteiger partial charge in [0.25, 0.3) is 5.91 Å². The molecule has 1 heterocycles. The molecule has 1 aromatic heterocycles. The molecule has 5 N–H and O–H groups in total. The number of aromatic nitrogens is 1. The second-order valence-electron chi connectivity index (χ2n) is 8.48. The number of carbonyl (C=O) groups is 1. The number of para-hydroxylation sites is 2. The number of nitrogens with two attached hydrogens (primary N) is 1. The number of rotatable bonds is 7. The number of hydrogen-bond acceptors (Lipinski definition) is 4. The largest absolute Gasteiger partial charge is 0.497 e. The second-order valence-corrected chi connectivity index (χ2v) is 8.48. The van der Waals surface area contributed by atoms with Crippen molar-refractivity contribution in [3.05, 3.63) is 89.1 Å². The van der Waals surface area contributed by atoms with Crippen LogP contribution in [0.4, 0.5) is 11.4 Å². The molecule has 1 amide bonds. The first kappa shape index (κ1) is 21.1. The third-order valence-electron chi connectivity index (χ3n) is 6.45. The number of amides is 1. The van der Waals surface area contributed by atoms with Crippen LogP contribution in [0, 0.1) is 0 Å². The number of benzene rings is 3. The third kappa shape index (κ3) is 4.30. The number of methoxy groups -OCH3 is 1. The van der Waals surface area contributed by atoms with Crippen LogP contribution in [0.25, 0.3) is 10.9 Å². The minimum atomic E-state index is -0.136. The van der Waals surface area contributed by atoms with Crippen LogP contribution in [0.2, 0.25) is 0 Å². The van der Waals surface area contributed by atoms with E-state index in [2.05, 4.69) is 33.9 Å². The quantitative estimate of drug-likeness (QED) is 0.310. The highest BCUT2D eigenvalue weighted by atomic mass is 16.5. The topological polar surface area (TPSA) is 92.2 Å². The standard InChI is InChI=1S/C27H28N4O2/c1-33-20-8-10-22-19(16-30-26(22)15-20)12-13-29-24-11-7-17-14-18(6-9-21(17)24)27(32)31-25-5-3-2-4-23(25)28/h2-6,8-10,14-16,24,29-30H,7,11-13,28H2,1H3,(H,31,32). The van der Waals surface area contributed by atoms with Gasteiger partial charge in [-0.1, -0.05) is 18.2 Å². The molecule has 0 fully saturated rings. The molecule has 1 atom stereocenters. The van der Waals surface area contributed by atoms with E-state index >= 15 is 0 Å². The van der Waals surface area contributed by atoms with Gasteiger partial charge in [-0.25, -0.2) is 0 Å². The van der Waals surface area contributed by atoms with E-state index < -0.39 is 0 Å². The van der Waals surface area contributed by atoms with E-state index in [1.807, 2.05) is 42.5 Å². The number of nitrogen functional groups attached to an aromatic ring is 1. The molecule has 5 rings (SSSR count). The lowest BCUT2D eigenvalue weighted by Crippen LogP contribution is -2.22. The molecule has 6 nitrogen and oxygen atoms in total. The molecule has 6 heteroatoms. The fourth-order valence-corrected chi connectivity index (χ4v) is 4.66. The van der Waals surface area contributed by atoms with E-state index in [1.165, 1.54) is 22.1 Å². The highest BCUT2D eigenvalue weighted by Crippen LogP contribution is 2.32. The molecule has 0 bridgehead atoms. The first-order valence-electron chi connectivity index (χ1n) is 11.3. The Labute approximate surface area is 193 Å². The summed E-state index contributed by atoms with van der Waals surface area (Å²) in [5, 5.41) is 7.85. The molecular formula is C27H28N4O2. The Kier molecular flexibility index (Phi) is 5.75. The van der Waals surface area contributed by atoms with Crippen molar-refractivity contribution in [1.82, 2.24) is 10.3 Å². The van der Waals surface area contributed by atoms with Crippen molar-refractivity contribution in [3.8, 4) is 5.75 Å². The van der Waals surface area contributed by atoms with Crippen molar-refractivity contribution in [2.24, 2.45) is 0 Å². The monoisotopic (exact) mass is 440 g/mol. The smallest absolute Gasteiger partial charge is 0.255 e. The Morgan fingerprint density at radius 2 is 2.03 bits per heavy atom. The zero-order valence-electron chi connectivity index (χ0n) is 18.7. The van der Waals surface area contributed by atoms with Crippen LogP contribution in [-0.2, 0) is 12.8 Å². The van der Waals surface area contributed by atoms with Crippen molar-refractivity contribution in [1.29, 1.82) is 0 Å². The first-order valence-corrected chi connectivity index (χ1v) is 11.3. The highest BCUT2D eigenvalue weighted by Gasteiger charge is 2.23. The summed E-state index contributed by atoms with van der Waals surface area (Å²) >= 11 is 0. The van der Waals surface area contributed by atoms with Gasteiger partial charge in [0.1, 0.15) is 5.75 Å². The summed E-state index contributed by atoms with van der Waals surface area (Å²) < 4.78 is 5.31. The summed E-state index contributed by atoms with van der Waals surface area (Å²) in [6, 6.07) is 19.8. The summed E-state index contributed by atoms with van der Waals surface area (Å²) in [7, 11) is 1.68. The molecule has 1 unspecified atom stereocenters. The minimum Gasteiger partial charge on any atom is -0.497 e. The first-order chi connectivity index (χ1) is 16.1. The number of carbonyl (C=O) groups excluding carboxylic acids is 1. The van der Waals surface area contributed by atoms with E-state index in [-0.39, 0.29) is 5.91 Å². The number of anilines is 2. The van der Waals surface area contributed by atoms with Gasteiger partial charge in [-0.15, -0.1) is 0 Å². The van der Waals surface area contributed by atoms with Gasteiger partial charge in [0.2, 0.25) is 0 Å². The Hall–Kier alpha value is -3.77. The molecule has 1 aliphatic carbocycles. The molecule has 0 spiro atoms. The number of aromatic amines is 1. The molecule has 33 heavy (non-hydrogen) atoms. The van der Waals surface area contributed by atoms with Crippen LogP contribution in [-0.4, -0.2) is 24.5 Å². The van der Waals surface area contributed by atoms with Crippen LogP contribution >= 0.6 is 0 Å². The Morgan fingerprint density at radius 1 is 1.15 bits per heavy atom. The molecule has 0 radical (unpaired) electrons. The normalized spacial score (nSPS) is 14.9. The minimum absolute atomic E-state index is 0.136. The van der Waals surface area contributed by atoms with Crippen LogP contribution in [0.3, 0.4) is 0 Å². The van der Waals surface area contributed by atoms with E-state index in [0.29, 0.717) is 23.0 Å². The van der Waals surface area contributed by atoms with Gasteiger partial charge >= 0.3 is 0 Å². The van der Waals surface area contributed by atoms with Gasteiger partial charge in [-0.3, -0.25) is 4.79 Å². The van der Waals surface area contributed by atoms with Crippen LogP contribution in [0.15, 0.2) is 66.9 Å². The molecule has 0 saturated heterocycles. The van der Waals surface area contributed by atoms with Crippen molar-refractivity contribution >= 4 is 28.2 Å². The predicted octanol–water partition coefficient (Wildman–Crippen LogP) is 4.83. The Balaban J connectivity index is 1.22. The van der Waals surface area contributed by atoms with Gasteiger partial charge in [-0.05, 0) is 78.9 Å². The summed E-state index contributed by atoms with van der Waals surface area (Å²) in [5.74, 6) is 0.722. The Bertz CT molecular complexity index is 1310. The number of nitrogens with one attached hydrogen (secondary N) is 3. The summed E-state index contributed by atoms with van der Waals surface area (Å²) in [6.45, 7) is 0.888. The predicted molar refractivity (Wildman–Crippen MR) is 133 cm³/mol.